The van der Waals surface area contributed by atoms with Crippen LogP contribution < -0.4 is 4.74 Å². The van der Waals surface area contributed by atoms with Gasteiger partial charge in [-0.2, -0.15) is 0 Å². The molecule has 0 unspecified atom stereocenters. The first-order chi connectivity index (χ1) is 13.9. The normalized spacial score (nSPS) is 15.1. The van der Waals surface area contributed by atoms with Gasteiger partial charge in [-0.15, -0.1) is 0 Å². The summed E-state index contributed by atoms with van der Waals surface area (Å²) in [6, 6.07) is 10.4. The van der Waals surface area contributed by atoms with Gasteiger partial charge in [0, 0.05) is 19.0 Å². The van der Waals surface area contributed by atoms with Gasteiger partial charge < -0.3 is 14.6 Å². The minimum atomic E-state index is 0.0576. The van der Waals surface area contributed by atoms with E-state index >= 15 is 0 Å². The SMILES string of the molecule is Cc1cc(C)c(C)c(OCC(=O)N2CCC(c3nc4ccc(C)cc4[nH]3)CC2)c1. The number of imidazole rings is 1. The van der Waals surface area contributed by atoms with Crippen molar-refractivity contribution in [2.75, 3.05) is 19.7 Å². The van der Waals surface area contributed by atoms with Crippen molar-refractivity contribution in [3.8, 4) is 5.75 Å². The van der Waals surface area contributed by atoms with Crippen LogP contribution in [0.3, 0.4) is 0 Å². The molecule has 2 aromatic carbocycles. The third-order valence-electron chi connectivity index (χ3n) is 6.01. The molecule has 1 N–H and O–H groups in total. The Labute approximate surface area is 172 Å². The highest BCUT2D eigenvalue weighted by Gasteiger charge is 2.26. The van der Waals surface area contributed by atoms with E-state index in [1.807, 2.05) is 24.8 Å². The van der Waals surface area contributed by atoms with Crippen LogP contribution in [0.25, 0.3) is 11.0 Å². The van der Waals surface area contributed by atoms with E-state index in [9.17, 15) is 4.79 Å². The van der Waals surface area contributed by atoms with Crippen LogP contribution in [-0.2, 0) is 4.79 Å². The van der Waals surface area contributed by atoms with Crippen LogP contribution in [0.1, 0.15) is 46.8 Å². The second-order valence-electron chi connectivity index (χ2n) is 8.29. The van der Waals surface area contributed by atoms with Crippen molar-refractivity contribution in [2.24, 2.45) is 0 Å². The number of aryl methyl sites for hydroxylation is 3. The lowest BCUT2D eigenvalue weighted by Crippen LogP contribution is -2.40. The average Bonchev–Trinajstić information content (AvgIpc) is 3.12. The third-order valence-corrected chi connectivity index (χ3v) is 6.01. The number of nitrogens with one attached hydrogen (secondary N) is 1. The van der Waals surface area contributed by atoms with Crippen molar-refractivity contribution in [3.05, 3.63) is 58.4 Å². The van der Waals surface area contributed by atoms with Crippen LogP contribution in [0, 0.1) is 27.7 Å². The maximum Gasteiger partial charge on any atom is 0.260 e. The largest absolute Gasteiger partial charge is 0.483 e. The number of benzene rings is 2. The minimum absolute atomic E-state index is 0.0576. The van der Waals surface area contributed by atoms with E-state index in [2.05, 4.69) is 43.1 Å². The summed E-state index contributed by atoms with van der Waals surface area (Å²) in [5.74, 6) is 2.28. The highest BCUT2D eigenvalue weighted by Crippen LogP contribution is 2.28. The number of carbonyl (C=O) groups is 1. The Morgan fingerprint density at radius 3 is 2.62 bits per heavy atom. The number of ether oxygens (including phenoxy) is 1. The fourth-order valence-corrected chi connectivity index (χ4v) is 4.12. The van der Waals surface area contributed by atoms with Crippen molar-refractivity contribution >= 4 is 16.9 Å². The molecule has 1 amide bonds. The maximum atomic E-state index is 12.7. The molecule has 5 nitrogen and oxygen atoms in total. The summed E-state index contributed by atoms with van der Waals surface area (Å²) in [5, 5.41) is 0. The summed E-state index contributed by atoms with van der Waals surface area (Å²) in [7, 11) is 0. The zero-order chi connectivity index (χ0) is 20.5. The number of piperidine rings is 1. The van der Waals surface area contributed by atoms with E-state index in [1.165, 1.54) is 11.1 Å². The first-order valence-corrected chi connectivity index (χ1v) is 10.4. The molecule has 0 spiro atoms. The first-order valence-electron chi connectivity index (χ1n) is 10.4. The zero-order valence-electron chi connectivity index (χ0n) is 17.7. The molecule has 152 valence electrons. The topological polar surface area (TPSA) is 58.2 Å². The van der Waals surface area contributed by atoms with Gasteiger partial charge in [-0.3, -0.25) is 4.79 Å². The summed E-state index contributed by atoms with van der Waals surface area (Å²) in [6.45, 7) is 9.83. The molecule has 2 heterocycles. The van der Waals surface area contributed by atoms with Crippen LogP contribution in [0.5, 0.6) is 5.75 Å². The fraction of sp³-hybridized carbons (Fsp3) is 0.417. The summed E-state index contributed by atoms with van der Waals surface area (Å²) in [4.78, 5) is 22.8. The van der Waals surface area contributed by atoms with Crippen molar-refractivity contribution in [1.82, 2.24) is 14.9 Å². The maximum absolute atomic E-state index is 12.7. The molecule has 1 fully saturated rings. The standard InChI is InChI=1S/C24H29N3O2/c1-15-5-6-20-21(12-15)26-24(25-20)19-7-9-27(10-8-19)23(28)14-29-22-13-16(2)11-17(3)18(22)4/h5-6,11-13,19H,7-10,14H2,1-4H3,(H,25,26). The number of hydrogen-bond acceptors (Lipinski definition) is 3. The molecule has 4 rings (SSSR count). The van der Waals surface area contributed by atoms with Crippen molar-refractivity contribution in [2.45, 2.75) is 46.5 Å². The third kappa shape index (κ3) is 4.14. The molecule has 1 saturated heterocycles. The molecule has 1 aliphatic heterocycles. The Morgan fingerprint density at radius 1 is 1.10 bits per heavy atom. The van der Waals surface area contributed by atoms with Crippen LogP contribution in [0.4, 0.5) is 0 Å². The number of aromatic nitrogens is 2. The van der Waals surface area contributed by atoms with Gasteiger partial charge in [0.05, 0.1) is 11.0 Å². The molecule has 1 aromatic heterocycles. The summed E-state index contributed by atoms with van der Waals surface area (Å²) in [6.07, 6.45) is 1.85. The molecule has 0 saturated carbocycles. The predicted octanol–water partition coefficient (Wildman–Crippen LogP) is 4.58. The second-order valence-corrected chi connectivity index (χ2v) is 8.29. The molecule has 0 atom stereocenters. The van der Waals surface area contributed by atoms with E-state index in [4.69, 9.17) is 9.72 Å². The van der Waals surface area contributed by atoms with E-state index in [0.717, 1.165) is 59.7 Å². The summed E-state index contributed by atoms with van der Waals surface area (Å²) in [5.41, 5.74) is 6.78. The summed E-state index contributed by atoms with van der Waals surface area (Å²) >= 11 is 0. The van der Waals surface area contributed by atoms with E-state index < -0.39 is 0 Å². The molecule has 0 aliphatic carbocycles. The van der Waals surface area contributed by atoms with Crippen molar-refractivity contribution in [1.29, 1.82) is 0 Å². The lowest BCUT2D eigenvalue weighted by molar-refractivity contribution is -0.134. The Balaban J connectivity index is 1.34. The molecule has 0 radical (unpaired) electrons. The Bertz CT molecular complexity index is 1050. The number of carbonyl (C=O) groups excluding carboxylic acids is 1. The number of hydrogen-bond donors (Lipinski definition) is 1. The van der Waals surface area contributed by atoms with Gasteiger partial charge in [-0.25, -0.2) is 4.98 Å². The van der Waals surface area contributed by atoms with E-state index in [-0.39, 0.29) is 12.5 Å². The van der Waals surface area contributed by atoms with Gasteiger partial charge in [0.1, 0.15) is 11.6 Å². The predicted molar refractivity (Wildman–Crippen MR) is 116 cm³/mol. The number of nitrogens with zero attached hydrogens (tertiary/aromatic N) is 2. The first kappa shape index (κ1) is 19.5. The van der Waals surface area contributed by atoms with Gasteiger partial charge in [0.25, 0.3) is 5.91 Å². The highest BCUT2D eigenvalue weighted by atomic mass is 16.5. The quantitative estimate of drug-likeness (QED) is 0.708. The van der Waals surface area contributed by atoms with Gasteiger partial charge in [0.2, 0.25) is 0 Å². The van der Waals surface area contributed by atoms with Crippen LogP contribution in [-0.4, -0.2) is 40.5 Å². The lowest BCUT2D eigenvalue weighted by atomic mass is 9.96. The van der Waals surface area contributed by atoms with E-state index in [0.29, 0.717) is 5.92 Å². The number of rotatable bonds is 4. The Hall–Kier alpha value is -2.82. The number of aromatic amines is 1. The average molecular weight is 392 g/mol. The van der Waals surface area contributed by atoms with Crippen LogP contribution >= 0.6 is 0 Å². The Kier molecular flexibility index (Phi) is 5.31. The molecular formula is C24H29N3O2. The van der Waals surface area contributed by atoms with E-state index in [1.54, 1.807) is 0 Å². The summed E-state index contributed by atoms with van der Waals surface area (Å²) < 4.78 is 5.87. The zero-order valence-corrected chi connectivity index (χ0v) is 17.7. The molecule has 5 heteroatoms. The highest BCUT2D eigenvalue weighted by molar-refractivity contribution is 5.78. The van der Waals surface area contributed by atoms with Crippen LogP contribution in [0.15, 0.2) is 30.3 Å². The number of likely N-dealkylation sites (tertiary alicyclic amines) is 1. The Morgan fingerprint density at radius 2 is 1.86 bits per heavy atom. The smallest absolute Gasteiger partial charge is 0.260 e. The lowest BCUT2D eigenvalue weighted by Gasteiger charge is -2.31. The minimum Gasteiger partial charge on any atom is -0.483 e. The van der Waals surface area contributed by atoms with Gasteiger partial charge >= 0.3 is 0 Å². The fourth-order valence-electron chi connectivity index (χ4n) is 4.12. The van der Waals surface area contributed by atoms with Crippen molar-refractivity contribution in [3.63, 3.8) is 0 Å². The monoisotopic (exact) mass is 391 g/mol. The van der Waals surface area contributed by atoms with Crippen LogP contribution in [0.2, 0.25) is 0 Å². The second kappa shape index (κ2) is 7.90. The molecule has 0 bridgehead atoms. The number of H-pyrrole nitrogens is 1. The molecule has 3 aromatic rings. The number of fused-ring (bicyclic) bond motifs is 1. The molecule has 1 aliphatic rings. The molecule has 29 heavy (non-hydrogen) atoms. The van der Waals surface area contributed by atoms with Gasteiger partial charge in [-0.05, 0) is 81.0 Å². The van der Waals surface area contributed by atoms with Gasteiger partial charge in [-0.1, -0.05) is 12.1 Å². The van der Waals surface area contributed by atoms with Gasteiger partial charge in [0.15, 0.2) is 6.61 Å². The van der Waals surface area contributed by atoms with Crippen molar-refractivity contribution < 1.29 is 9.53 Å². The molecular weight excluding hydrogens is 362 g/mol. The number of amides is 1.